The van der Waals surface area contributed by atoms with Crippen molar-refractivity contribution >= 4 is 33.2 Å². The predicted octanol–water partition coefficient (Wildman–Crippen LogP) is 3.68. The van der Waals surface area contributed by atoms with Gasteiger partial charge in [-0.05, 0) is 55.3 Å². The molecule has 33 heavy (non-hydrogen) atoms. The SMILES string of the molecule is O=C(Nc1ccccc1C(=O)Nc1cc(S(=O)(=O)N2CCCC2)ccc1O)c1ccccc1. The first kappa shape index (κ1) is 22.5. The average molecular weight is 466 g/mol. The van der Waals surface area contributed by atoms with Crippen molar-refractivity contribution in [2.45, 2.75) is 17.7 Å². The Kier molecular flexibility index (Phi) is 6.43. The highest BCUT2D eigenvalue weighted by Crippen LogP contribution is 2.30. The van der Waals surface area contributed by atoms with Crippen LogP contribution in [0.5, 0.6) is 5.75 Å². The van der Waals surface area contributed by atoms with Gasteiger partial charge in [0, 0.05) is 18.7 Å². The standard InChI is InChI=1S/C24H23N3O5S/c28-22-13-12-18(33(31,32)27-14-6-7-15-27)16-21(22)26-24(30)19-10-4-5-11-20(19)25-23(29)17-8-2-1-3-9-17/h1-5,8-13,16,28H,6-7,14-15H2,(H,25,29)(H,26,30). The van der Waals surface area contributed by atoms with Gasteiger partial charge in [-0.1, -0.05) is 30.3 Å². The molecular weight excluding hydrogens is 442 g/mol. The van der Waals surface area contributed by atoms with Crippen LogP contribution in [-0.2, 0) is 10.0 Å². The van der Waals surface area contributed by atoms with E-state index in [9.17, 15) is 23.1 Å². The minimum atomic E-state index is -3.72. The third-order valence-electron chi connectivity index (χ3n) is 5.37. The van der Waals surface area contributed by atoms with Gasteiger partial charge in [0.15, 0.2) is 0 Å². The number of amides is 2. The molecule has 2 amide bonds. The Morgan fingerprint density at radius 2 is 1.42 bits per heavy atom. The second kappa shape index (κ2) is 9.43. The van der Waals surface area contributed by atoms with E-state index in [1.54, 1.807) is 48.5 Å². The lowest BCUT2D eigenvalue weighted by Gasteiger charge is -2.17. The van der Waals surface area contributed by atoms with Crippen molar-refractivity contribution in [1.29, 1.82) is 0 Å². The number of nitrogens with zero attached hydrogens (tertiary/aromatic N) is 1. The number of hydrogen-bond acceptors (Lipinski definition) is 5. The molecule has 0 aliphatic carbocycles. The summed E-state index contributed by atoms with van der Waals surface area (Å²) in [6.07, 6.45) is 1.60. The van der Waals surface area contributed by atoms with Crippen molar-refractivity contribution in [3.8, 4) is 5.75 Å². The summed E-state index contributed by atoms with van der Waals surface area (Å²) in [7, 11) is -3.72. The van der Waals surface area contributed by atoms with Crippen molar-refractivity contribution in [2.24, 2.45) is 0 Å². The van der Waals surface area contributed by atoms with Gasteiger partial charge in [-0.25, -0.2) is 8.42 Å². The van der Waals surface area contributed by atoms with Crippen LogP contribution in [0.15, 0.2) is 77.7 Å². The van der Waals surface area contributed by atoms with Gasteiger partial charge < -0.3 is 15.7 Å². The van der Waals surface area contributed by atoms with Crippen LogP contribution in [0.25, 0.3) is 0 Å². The zero-order chi connectivity index (χ0) is 23.4. The molecule has 1 aliphatic heterocycles. The van der Waals surface area contributed by atoms with Crippen molar-refractivity contribution in [2.75, 3.05) is 23.7 Å². The number of rotatable bonds is 6. The Hall–Kier alpha value is -3.69. The summed E-state index contributed by atoms with van der Waals surface area (Å²) in [5.74, 6) is -1.25. The van der Waals surface area contributed by atoms with E-state index in [1.807, 2.05) is 0 Å². The van der Waals surface area contributed by atoms with Crippen LogP contribution in [0.4, 0.5) is 11.4 Å². The lowest BCUT2D eigenvalue weighted by atomic mass is 10.1. The summed E-state index contributed by atoms with van der Waals surface area (Å²) in [6, 6.07) is 18.8. The number of anilines is 2. The quantitative estimate of drug-likeness (QED) is 0.480. The molecule has 1 saturated heterocycles. The van der Waals surface area contributed by atoms with Gasteiger partial charge in [-0.3, -0.25) is 9.59 Å². The highest BCUT2D eigenvalue weighted by molar-refractivity contribution is 7.89. The van der Waals surface area contributed by atoms with E-state index < -0.39 is 15.9 Å². The van der Waals surface area contributed by atoms with Crippen LogP contribution in [-0.4, -0.2) is 42.7 Å². The molecule has 1 fully saturated rings. The lowest BCUT2D eigenvalue weighted by Crippen LogP contribution is -2.28. The van der Waals surface area contributed by atoms with Crippen molar-refractivity contribution in [1.82, 2.24) is 4.31 Å². The molecule has 0 saturated carbocycles. The van der Waals surface area contributed by atoms with E-state index in [0.29, 0.717) is 18.7 Å². The largest absolute Gasteiger partial charge is 0.506 e. The number of nitrogens with one attached hydrogen (secondary N) is 2. The fourth-order valence-electron chi connectivity index (χ4n) is 3.62. The predicted molar refractivity (Wildman–Crippen MR) is 125 cm³/mol. The Balaban J connectivity index is 1.57. The first-order valence-electron chi connectivity index (χ1n) is 10.5. The third-order valence-corrected chi connectivity index (χ3v) is 7.27. The zero-order valence-corrected chi connectivity index (χ0v) is 18.5. The van der Waals surface area contributed by atoms with Crippen molar-refractivity contribution in [3.63, 3.8) is 0 Å². The average Bonchev–Trinajstić information content (AvgIpc) is 3.37. The molecule has 0 spiro atoms. The maximum Gasteiger partial charge on any atom is 0.257 e. The van der Waals surface area contributed by atoms with E-state index in [1.165, 1.54) is 28.6 Å². The van der Waals surface area contributed by atoms with Gasteiger partial charge in [0.1, 0.15) is 5.75 Å². The molecule has 3 aromatic carbocycles. The van der Waals surface area contributed by atoms with Crippen LogP contribution in [0.1, 0.15) is 33.6 Å². The summed E-state index contributed by atoms with van der Waals surface area (Å²) < 4.78 is 27.1. The monoisotopic (exact) mass is 465 g/mol. The summed E-state index contributed by atoms with van der Waals surface area (Å²) >= 11 is 0. The van der Waals surface area contributed by atoms with E-state index in [4.69, 9.17) is 0 Å². The molecule has 3 aromatic rings. The van der Waals surface area contributed by atoms with Crippen LogP contribution in [0.2, 0.25) is 0 Å². The molecule has 8 nitrogen and oxygen atoms in total. The number of phenols is 1. The normalized spacial score (nSPS) is 14.1. The minimum absolute atomic E-state index is 0.0110. The molecule has 3 N–H and O–H groups in total. The van der Waals surface area contributed by atoms with Crippen LogP contribution < -0.4 is 10.6 Å². The Bertz CT molecular complexity index is 1290. The molecule has 1 aliphatic rings. The van der Waals surface area contributed by atoms with Gasteiger partial charge in [-0.15, -0.1) is 0 Å². The van der Waals surface area contributed by atoms with E-state index in [-0.39, 0.29) is 33.5 Å². The summed E-state index contributed by atoms with van der Waals surface area (Å²) in [4.78, 5) is 25.5. The maximum absolute atomic E-state index is 13.0. The van der Waals surface area contributed by atoms with Gasteiger partial charge in [0.2, 0.25) is 10.0 Å². The van der Waals surface area contributed by atoms with E-state index in [0.717, 1.165) is 12.8 Å². The number of carbonyl (C=O) groups excluding carboxylic acids is 2. The van der Waals surface area contributed by atoms with Crippen LogP contribution in [0, 0.1) is 0 Å². The number of sulfonamides is 1. The highest BCUT2D eigenvalue weighted by atomic mass is 32.2. The van der Waals surface area contributed by atoms with Crippen molar-refractivity contribution in [3.05, 3.63) is 83.9 Å². The fourth-order valence-corrected chi connectivity index (χ4v) is 5.16. The van der Waals surface area contributed by atoms with E-state index in [2.05, 4.69) is 10.6 Å². The molecule has 0 bridgehead atoms. The lowest BCUT2D eigenvalue weighted by molar-refractivity contribution is 0.102. The number of aromatic hydroxyl groups is 1. The topological polar surface area (TPSA) is 116 Å². The third kappa shape index (κ3) is 4.89. The van der Waals surface area contributed by atoms with Crippen LogP contribution in [0.3, 0.4) is 0 Å². The molecule has 0 atom stereocenters. The van der Waals surface area contributed by atoms with Gasteiger partial charge in [0.25, 0.3) is 11.8 Å². The Labute approximate surface area is 191 Å². The second-order valence-corrected chi connectivity index (χ2v) is 9.55. The smallest absolute Gasteiger partial charge is 0.257 e. The van der Waals surface area contributed by atoms with E-state index >= 15 is 0 Å². The van der Waals surface area contributed by atoms with Gasteiger partial charge in [0.05, 0.1) is 21.8 Å². The Morgan fingerprint density at radius 1 is 0.788 bits per heavy atom. The van der Waals surface area contributed by atoms with Gasteiger partial charge in [-0.2, -0.15) is 4.31 Å². The molecule has 4 rings (SSSR count). The number of phenolic OH excluding ortho intramolecular Hbond substituents is 1. The molecule has 0 unspecified atom stereocenters. The first-order chi connectivity index (χ1) is 15.9. The number of para-hydroxylation sites is 1. The zero-order valence-electron chi connectivity index (χ0n) is 17.7. The Morgan fingerprint density at radius 3 is 2.15 bits per heavy atom. The fraction of sp³-hybridized carbons (Fsp3) is 0.167. The number of hydrogen-bond donors (Lipinski definition) is 3. The second-order valence-electron chi connectivity index (χ2n) is 7.61. The number of benzene rings is 3. The van der Waals surface area contributed by atoms with Gasteiger partial charge >= 0.3 is 0 Å². The van der Waals surface area contributed by atoms with Crippen LogP contribution >= 0.6 is 0 Å². The molecule has 170 valence electrons. The molecule has 9 heteroatoms. The number of carbonyl (C=O) groups is 2. The summed E-state index contributed by atoms with van der Waals surface area (Å²) in [5.41, 5.74) is 0.841. The summed E-state index contributed by atoms with van der Waals surface area (Å²) in [5, 5.41) is 15.5. The highest BCUT2D eigenvalue weighted by Gasteiger charge is 2.28. The summed E-state index contributed by atoms with van der Waals surface area (Å²) in [6.45, 7) is 0.888. The maximum atomic E-state index is 13.0. The minimum Gasteiger partial charge on any atom is -0.506 e. The molecule has 0 aromatic heterocycles. The molecular formula is C24H23N3O5S. The molecule has 0 radical (unpaired) electrons. The first-order valence-corrected chi connectivity index (χ1v) is 11.9. The van der Waals surface area contributed by atoms with Crippen molar-refractivity contribution < 1.29 is 23.1 Å². The molecule has 1 heterocycles.